The molecular weight excluding hydrogens is 492 g/mol. The Morgan fingerprint density at radius 2 is 0.850 bits per heavy atom. The molecule has 2 aromatic carbocycles. The Hall–Kier alpha value is -2.29. The number of hydrogen-bond acceptors (Lipinski definition) is 3. The van der Waals surface area contributed by atoms with Crippen molar-refractivity contribution in [2.24, 2.45) is 0 Å². The second kappa shape index (κ2) is 23.4. The Kier molecular flexibility index (Phi) is 19.9. The van der Waals surface area contributed by atoms with Crippen molar-refractivity contribution >= 4 is 6.16 Å². The van der Waals surface area contributed by atoms with Crippen LogP contribution in [0.2, 0.25) is 0 Å². The molecule has 0 aliphatic heterocycles. The summed E-state index contributed by atoms with van der Waals surface area (Å²) in [4.78, 5) is 12.2. The largest absolute Gasteiger partial charge is 0.508 e. The molecule has 0 N–H and O–H groups in total. The third kappa shape index (κ3) is 16.1. The van der Waals surface area contributed by atoms with Crippen LogP contribution in [0.1, 0.15) is 152 Å². The van der Waals surface area contributed by atoms with E-state index in [2.05, 4.69) is 74.5 Å². The average molecular weight is 551 g/mol. The van der Waals surface area contributed by atoms with E-state index in [1.54, 1.807) is 0 Å². The van der Waals surface area contributed by atoms with E-state index in [9.17, 15) is 4.79 Å². The molecule has 0 bridgehead atoms. The summed E-state index contributed by atoms with van der Waals surface area (Å²) in [5, 5.41) is 0. The molecule has 0 fully saturated rings. The Morgan fingerprint density at radius 3 is 1.25 bits per heavy atom. The minimum Gasteiger partial charge on any atom is -0.434 e. The second-order valence-electron chi connectivity index (χ2n) is 11.6. The van der Waals surface area contributed by atoms with E-state index in [1.807, 2.05) is 0 Å². The Labute approximate surface area is 246 Å². The van der Waals surface area contributed by atoms with E-state index in [0.29, 0.717) is 25.0 Å². The molecule has 0 aromatic heterocycles. The molecular formula is C37H58O3. The maximum atomic E-state index is 12.2. The van der Waals surface area contributed by atoms with Crippen LogP contribution in [0, 0.1) is 0 Å². The molecule has 3 heteroatoms. The van der Waals surface area contributed by atoms with Gasteiger partial charge in [-0.1, -0.05) is 152 Å². The molecule has 224 valence electrons. The van der Waals surface area contributed by atoms with Crippen LogP contribution in [-0.4, -0.2) is 19.4 Å². The van der Waals surface area contributed by atoms with Crippen LogP contribution in [0.25, 0.3) is 0 Å². The summed E-state index contributed by atoms with van der Waals surface area (Å²) >= 11 is 0. The first-order valence-corrected chi connectivity index (χ1v) is 16.6. The highest BCUT2D eigenvalue weighted by atomic mass is 16.7. The van der Waals surface area contributed by atoms with Gasteiger partial charge >= 0.3 is 6.16 Å². The molecule has 3 nitrogen and oxygen atoms in total. The Morgan fingerprint density at radius 1 is 0.500 bits per heavy atom. The molecule has 40 heavy (non-hydrogen) atoms. The van der Waals surface area contributed by atoms with Crippen LogP contribution in [0.3, 0.4) is 0 Å². The Bertz CT molecular complexity index is 766. The lowest BCUT2D eigenvalue weighted by Crippen LogP contribution is -2.11. The molecule has 2 unspecified atom stereocenters. The normalized spacial score (nSPS) is 12.7. The zero-order valence-corrected chi connectivity index (χ0v) is 25.8. The van der Waals surface area contributed by atoms with Gasteiger partial charge in [-0.25, -0.2) is 4.79 Å². The van der Waals surface area contributed by atoms with Gasteiger partial charge in [0.25, 0.3) is 0 Å². The number of carbonyl (C=O) groups excluding carboxylic acids is 1. The van der Waals surface area contributed by atoms with Gasteiger partial charge in [0, 0.05) is 0 Å². The fraction of sp³-hybridized carbons (Fsp3) is 0.649. The summed E-state index contributed by atoms with van der Waals surface area (Å²) in [6, 6.07) is 21.7. The van der Waals surface area contributed by atoms with Crippen molar-refractivity contribution < 1.29 is 14.3 Å². The van der Waals surface area contributed by atoms with E-state index in [-0.39, 0.29) is 0 Å². The summed E-state index contributed by atoms with van der Waals surface area (Å²) in [5.74, 6) is 1.07. The molecule has 0 aliphatic carbocycles. The molecule has 0 saturated heterocycles. The molecule has 2 aromatic rings. The van der Waals surface area contributed by atoms with Crippen molar-refractivity contribution in [3.63, 3.8) is 0 Å². The van der Waals surface area contributed by atoms with E-state index in [0.717, 1.165) is 25.7 Å². The molecule has 0 spiro atoms. The summed E-state index contributed by atoms with van der Waals surface area (Å²) in [5.41, 5.74) is 2.82. The van der Waals surface area contributed by atoms with Crippen LogP contribution in [0.5, 0.6) is 0 Å². The van der Waals surface area contributed by atoms with Crippen molar-refractivity contribution in [3.05, 3.63) is 71.8 Å². The lowest BCUT2D eigenvalue weighted by molar-refractivity contribution is 0.0523. The first-order valence-electron chi connectivity index (χ1n) is 16.6. The summed E-state index contributed by atoms with van der Waals surface area (Å²) in [6.07, 6.45) is 21.6. The highest BCUT2D eigenvalue weighted by molar-refractivity contribution is 5.59. The highest BCUT2D eigenvalue weighted by Crippen LogP contribution is 2.29. The van der Waals surface area contributed by atoms with Gasteiger partial charge in [-0.15, -0.1) is 0 Å². The number of unbranched alkanes of at least 4 members (excludes halogenated alkanes) is 10. The first kappa shape index (κ1) is 33.9. The third-order valence-electron chi connectivity index (χ3n) is 8.19. The maximum Gasteiger partial charge on any atom is 0.508 e. The third-order valence-corrected chi connectivity index (χ3v) is 8.19. The minimum absolute atomic E-state index is 0.434. The number of rotatable bonds is 24. The number of hydrogen-bond donors (Lipinski definition) is 0. The minimum atomic E-state index is -0.514. The quantitative estimate of drug-likeness (QED) is 0.0963. The molecule has 0 heterocycles. The van der Waals surface area contributed by atoms with Gasteiger partial charge < -0.3 is 9.47 Å². The predicted octanol–water partition coefficient (Wildman–Crippen LogP) is 11.8. The summed E-state index contributed by atoms with van der Waals surface area (Å²) in [7, 11) is 0. The predicted molar refractivity (Wildman–Crippen MR) is 170 cm³/mol. The monoisotopic (exact) mass is 550 g/mol. The van der Waals surface area contributed by atoms with Crippen molar-refractivity contribution in [1.82, 2.24) is 0 Å². The molecule has 0 saturated carbocycles. The molecule has 0 radical (unpaired) electrons. The number of benzene rings is 2. The van der Waals surface area contributed by atoms with Crippen LogP contribution in [0.4, 0.5) is 4.79 Å². The van der Waals surface area contributed by atoms with Crippen LogP contribution < -0.4 is 0 Å². The van der Waals surface area contributed by atoms with Gasteiger partial charge in [0.1, 0.15) is 0 Å². The number of carbonyl (C=O) groups is 1. The topological polar surface area (TPSA) is 35.5 Å². The van der Waals surface area contributed by atoms with Gasteiger partial charge in [0.2, 0.25) is 0 Å². The first-order chi connectivity index (χ1) is 19.7. The van der Waals surface area contributed by atoms with E-state index in [1.165, 1.54) is 101 Å². The van der Waals surface area contributed by atoms with Crippen molar-refractivity contribution in [1.29, 1.82) is 0 Å². The van der Waals surface area contributed by atoms with E-state index < -0.39 is 6.16 Å². The number of ether oxygens (including phenoxy) is 2. The van der Waals surface area contributed by atoms with E-state index in [4.69, 9.17) is 9.47 Å². The molecule has 0 amide bonds. The van der Waals surface area contributed by atoms with Crippen LogP contribution in [-0.2, 0) is 9.47 Å². The van der Waals surface area contributed by atoms with Gasteiger partial charge in [-0.3, -0.25) is 0 Å². The maximum absolute atomic E-state index is 12.2. The van der Waals surface area contributed by atoms with Crippen molar-refractivity contribution in [3.8, 4) is 0 Å². The van der Waals surface area contributed by atoms with Crippen LogP contribution in [0.15, 0.2) is 60.7 Å². The van der Waals surface area contributed by atoms with Crippen LogP contribution >= 0.6 is 0 Å². The SMILES string of the molecule is CCCCCCCCC(CCCOC(=O)OCCCC(CCCCCCCC)c1ccccc1)c1ccccc1. The molecule has 2 atom stereocenters. The van der Waals surface area contributed by atoms with Crippen molar-refractivity contribution in [2.45, 2.75) is 141 Å². The zero-order chi connectivity index (χ0) is 28.5. The lowest BCUT2D eigenvalue weighted by atomic mass is 9.89. The second-order valence-corrected chi connectivity index (χ2v) is 11.6. The fourth-order valence-electron chi connectivity index (χ4n) is 5.76. The molecule has 2 rings (SSSR count). The van der Waals surface area contributed by atoms with Gasteiger partial charge in [0.15, 0.2) is 0 Å². The average Bonchev–Trinajstić information content (AvgIpc) is 2.99. The van der Waals surface area contributed by atoms with E-state index >= 15 is 0 Å². The Balaban J connectivity index is 1.64. The lowest BCUT2D eigenvalue weighted by Gasteiger charge is -2.18. The van der Waals surface area contributed by atoms with Gasteiger partial charge in [-0.05, 0) is 61.5 Å². The molecule has 0 aliphatic rings. The van der Waals surface area contributed by atoms with Crippen molar-refractivity contribution in [2.75, 3.05) is 13.2 Å². The smallest absolute Gasteiger partial charge is 0.434 e. The van der Waals surface area contributed by atoms with Gasteiger partial charge in [-0.2, -0.15) is 0 Å². The van der Waals surface area contributed by atoms with Gasteiger partial charge in [0.05, 0.1) is 13.2 Å². The zero-order valence-electron chi connectivity index (χ0n) is 25.8. The summed E-state index contributed by atoms with van der Waals surface area (Å²) in [6.45, 7) is 5.40. The fourth-order valence-corrected chi connectivity index (χ4v) is 5.76. The highest BCUT2D eigenvalue weighted by Gasteiger charge is 2.14. The standard InChI is InChI=1S/C37H58O3/c1-3-5-7-9-11-15-23-35(33-25-17-13-18-26-33)29-21-31-39-37(38)40-32-22-30-36(34-27-19-14-20-28-34)24-16-12-10-8-6-4-2/h13-14,17-20,25-28,35-36H,3-12,15-16,21-24,29-32H2,1-2H3. The summed E-state index contributed by atoms with van der Waals surface area (Å²) < 4.78 is 10.9.